The lowest BCUT2D eigenvalue weighted by molar-refractivity contribution is -0.274. The molecule has 7 heteroatoms. The first kappa shape index (κ1) is 16.6. The smallest absolute Gasteiger partial charge is 0.496 e. The van der Waals surface area contributed by atoms with Crippen LogP contribution in [0.2, 0.25) is 0 Å². The number of hydrogen-bond acceptors (Lipinski definition) is 4. The Morgan fingerprint density at radius 2 is 2.00 bits per heavy atom. The van der Waals surface area contributed by atoms with E-state index in [-0.39, 0.29) is 5.56 Å². The fourth-order valence-corrected chi connectivity index (χ4v) is 1.85. The molecule has 0 amide bonds. The highest BCUT2D eigenvalue weighted by Gasteiger charge is 2.32. The molecule has 1 rings (SSSR count). The molecule has 0 bridgehead atoms. The van der Waals surface area contributed by atoms with Gasteiger partial charge in [0.25, 0.3) is 0 Å². The number of nitrogens with two attached hydrogens (primary N) is 1. The van der Waals surface area contributed by atoms with Crippen LogP contribution in [0.25, 0.3) is 0 Å². The summed E-state index contributed by atoms with van der Waals surface area (Å²) in [6, 6.07) is 2.75. The van der Waals surface area contributed by atoms with Crippen molar-refractivity contribution in [3.8, 4) is 11.5 Å². The second kappa shape index (κ2) is 6.81. The summed E-state index contributed by atoms with van der Waals surface area (Å²) in [6.07, 6.45) is -4.50. The summed E-state index contributed by atoms with van der Waals surface area (Å²) in [5, 5.41) is 9.87. The Morgan fingerprint density at radius 1 is 1.35 bits per heavy atom. The van der Waals surface area contributed by atoms with Crippen molar-refractivity contribution >= 4 is 0 Å². The molecule has 0 aromatic heterocycles. The van der Waals surface area contributed by atoms with Gasteiger partial charge in [-0.2, -0.15) is 0 Å². The predicted molar refractivity (Wildman–Crippen MR) is 67.5 cm³/mol. The van der Waals surface area contributed by atoms with E-state index in [9.17, 15) is 18.3 Å². The minimum absolute atomic E-state index is 0.273. The van der Waals surface area contributed by atoms with Crippen LogP contribution >= 0.6 is 0 Å². The molecule has 0 unspecified atom stereocenters. The molecule has 20 heavy (non-hydrogen) atoms. The standard InChI is InChI=1S/C13H18F3NO3/c1-3-4-10(18)12(17)9-7-8(20-13(14,15)16)5-6-11(9)19-2/h5-7,10,12,18H,3-4,17H2,1-2H3/t10-,12+/m1/s1. The molecule has 114 valence electrons. The van der Waals surface area contributed by atoms with Crippen molar-refractivity contribution in [2.24, 2.45) is 5.73 Å². The van der Waals surface area contributed by atoms with Gasteiger partial charge in [-0.15, -0.1) is 13.2 Å². The molecule has 0 radical (unpaired) electrons. The van der Waals surface area contributed by atoms with Crippen LogP contribution in [-0.2, 0) is 0 Å². The van der Waals surface area contributed by atoms with Gasteiger partial charge in [0.1, 0.15) is 11.5 Å². The molecule has 0 fully saturated rings. The summed E-state index contributed by atoms with van der Waals surface area (Å²) in [6.45, 7) is 1.87. The van der Waals surface area contributed by atoms with E-state index >= 15 is 0 Å². The van der Waals surface area contributed by atoms with Crippen molar-refractivity contribution in [3.63, 3.8) is 0 Å². The molecule has 1 aromatic carbocycles. The Balaban J connectivity index is 3.05. The lowest BCUT2D eigenvalue weighted by Crippen LogP contribution is -2.26. The van der Waals surface area contributed by atoms with Gasteiger partial charge in [-0.1, -0.05) is 13.3 Å². The Bertz CT molecular complexity index is 437. The molecule has 3 N–H and O–H groups in total. The summed E-state index contributed by atoms with van der Waals surface area (Å²) in [5.41, 5.74) is 6.14. The lowest BCUT2D eigenvalue weighted by atomic mass is 9.98. The van der Waals surface area contributed by atoms with Crippen LogP contribution in [-0.4, -0.2) is 24.7 Å². The topological polar surface area (TPSA) is 64.7 Å². The van der Waals surface area contributed by atoms with Crippen LogP contribution in [0.15, 0.2) is 18.2 Å². The third kappa shape index (κ3) is 4.57. The van der Waals surface area contributed by atoms with Crippen LogP contribution in [0, 0.1) is 0 Å². The van der Waals surface area contributed by atoms with Crippen LogP contribution in [0.5, 0.6) is 11.5 Å². The minimum Gasteiger partial charge on any atom is -0.496 e. The molecule has 0 aliphatic carbocycles. The van der Waals surface area contributed by atoms with Crippen LogP contribution in [0.4, 0.5) is 13.2 Å². The van der Waals surface area contributed by atoms with E-state index in [2.05, 4.69) is 4.74 Å². The van der Waals surface area contributed by atoms with E-state index in [4.69, 9.17) is 10.5 Å². The van der Waals surface area contributed by atoms with E-state index in [1.165, 1.54) is 13.2 Å². The molecule has 1 aromatic rings. The third-order valence-corrected chi connectivity index (χ3v) is 2.79. The Morgan fingerprint density at radius 3 is 2.50 bits per heavy atom. The van der Waals surface area contributed by atoms with Crippen molar-refractivity contribution in [2.45, 2.75) is 38.3 Å². The maximum absolute atomic E-state index is 12.2. The van der Waals surface area contributed by atoms with E-state index < -0.39 is 24.3 Å². The maximum Gasteiger partial charge on any atom is 0.573 e. The van der Waals surface area contributed by atoms with Gasteiger partial charge in [0.2, 0.25) is 0 Å². The van der Waals surface area contributed by atoms with E-state index in [1.54, 1.807) is 0 Å². The van der Waals surface area contributed by atoms with Crippen molar-refractivity contribution in [3.05, 3.63) is 23.8 Å². The van der Waals surface area contributed by atoms with Crippen molar-refractivity contribution in [1.82, 2.24) is 0 Å². The molecular weight excluding hydrogens is 275 g/mol. The van der Waals surface area contributed by atoms with Gasteiger partial charge in [-0.25, -0.2) is 0 Å². The van der Waals surface area contributed by atoms with Gasteiger partial charge < -0.3 is 20.3 Å². The fourth-order valence-electron chi connectivity index (χ4n) is 1.85. The maximum atomic E-state index is 12.2. The minimum atomic E-state index is -4.78. The third-order valence-electron chi connectivity index (χ3n) is 2.79. The molecule has 0 saturated heterocycles. The zero-order valence-electron chi connectivity index (χ0n) is 11.3. The summed E-state index contributed by atoms with van der Waals surface area (Å²) in [7, 11) is 1.38. The number of aliphatic hydroxyl groups is 1. The first-order valence-electron chi connectivity index (χ1n) is 6.15. The number of ether oxygens (including phenoxy) is 2. The number of hydrogen-bond donors (Lipinski definition) is 2. The summed E-state index contributed by atoms with van der Waals surface area (Å²) in [5.74, 6) is -0.0883. The van der Waals surface area contributed by atoms with Gasteiger partial charge >= 0.3 is 6.36 Å². The number of aliphatic hydroxyl groups excluding tert-OH is 1. The number of rotatable bonds is 6. The van der Waals surface area contributed by atoms with Gasteiger partial charge in [0.05, 0.1) is 19.3 Å². The molecule has 0 aliphatic heterocycles. The molecular formula is C13H18F3NO3. The summed E-state index contributed by atoms with van der Waals surface area (Å²) >= 11 is 0. The van der Waals surface area contributed by atoms with E-state index in [0.717, 1.165) is 12.1 Å². The van der Waals surface area contributed by atoms with Crippen molar-refractivity contribution in [1.29, 1.82) is 0 Å². The number of benzene rings is 1. The average molecular weight is 293 g/mol. The lowest BCUT2D eigenvalue weighted by Gasteiger charge is -2.21. The zero-order valence-corrected chi connectivity index (χ0v) is 11.3. The average Bonchev–Trinajstić information content (AvgIpc) is 2.36. The molecule has 0 heterocycles. The van der Waals surface area contributed by atoms with E-state index in [1.807, 2.05) is 6.92 Å². The SMILES string of the molecule is CCC[C@@H](O)[C@@H](N)c1cc(OC(F)(F)F)ccc1OC. The highest BCUT2D eigenvalue weighted by molar-refractivity contribution is 5.42. The summed E-state index contributed by atoms with van der Waals surface area (Å²) < 4.78 is 45.5. The predicted octanol–water partition coefficient (Wildman–Crippen LogP) is 2.75. The molecule has 0 aliphatic rings. The van der Waals surface area contributed by atoms with Crippen LogP contribution in [0.3, 0.4) is 0 Å². The van der Waals surface area contributed by atoms with Gasteiger partial charge in [-0.3, -0.25) is 0 Å². The number of halogens is 3. The second-order valence-corrected chi connectivity index (χ2v) is 4.33. The fraction of sp³-hybridized carbons (Fsp3) is 0.538. The molecule has 0 saturated carbocycles. The van der Waals surface area contributed by atoms with Crippen molar-refractivity contribution < 1.29 is 27.8 Å². The Labute approximate surface area is 115 Å². The normalized spacial score (nSPS) is 14.8. The largest absolute Gasteiger partial charge is 0.573 e. The monoisotopic (exact) mass is 293 g/mol. The Kier molecular flexibility index (Phi) is 5.64. The number of methoxy groups -OCH3 is 1. The first-order valence-corrected chi connectivity index (χ1v) is 6.15. The molecule has 4 nitrogen and oxygen atoms in total. The van der Waals surface area contributed by atoms with Gasteiger partial charge in [-0.05, 0) is 24.6 Å². The van der Waals surface area contributed by atoms with Gasteiger partial charge in [0, 0.05) is 5.56 Å². The van der Waals surface area contributed by atoms with Crippen molar-refractivity contribution in [2.75, 3.05) is 7.11 Å². The molecule has 2 atom stereocenters. The quantitative estimate of drug-likeness (QED) is 0.846. The first-order chi connectivity index (χ1) is 9.28. The van der Waals surface area contributed by atoms with Crippen LogP contribution < -0.4 is 15.2 Å². The summed E-state index contributed by atoms with van der Waals surface area (Å²) in [4.78, 5) is 0. The highest BCUT2D eigenvalue weighted by atomic mass is 19.4. The number of alkyl halides is 3. The Hall–Kier alpha value is -1.47. The molecule has 0 spiro atoms. The van der Waals surface area contributed by atoms with Gasteiger partial charge in [0.15, 0.2) is 0 Å². The second-order valence-electron chi connectivity index (χ2n) is 4.33. The zero-order chi connectivity index (χ0) is 15.3. The van der Waals surface area contributed by atoms with Crippen LogP contribution in [0.1, 0.15) is 31.4 Å². The van der Waals surface area contributed by atoms with E-state index in [0.29, 0.717) is 18.6 Å². The highest BCUT2D eigenvalue weighted by Crippen LogP contribution is 2.33.